The number of likely N-dealkylation sites (tertiary alicyclic amines) is 1. The van der Waals surface area contributed by atoms with Crippen LogP contribution in [0.2, 0.25) is 0 Å². The normalized spacial score (nSPS) is 27.3. The number of hydrogen-bond acceptors (Lipinski definition) is 1. The molecule has 1 saturated heterocycles. The summed E-state index contributed by atoms with van der Waals surface area (Å²) in [6.07, 6.45) is 1.24. The molecule has 0 radical (unpaired) electrons. The Morgan fingerprint density at radius 3 is 2.00 bits per heavy atom. The van der Waals surface area contributed by atoms with Gasteiger partial charge in [-0.25, -0.2) is 0 Å². The van der Waals surface area contributed by atoms with Gasteiger partial charge in [0.15, 0.2) is 0 Å². The summed E-state index contributed by atoms with van der Waals surface area (Å²) in [4.78, 5) is 2.53. The van der Waals surface area contributed by atoms with Gasteiger partial charge in [0.1, 0.15) is 0 Å². The van der Waals surface area contributed by atoms with Gasteiger partial charge in [-0.15, -0.1) is 0 Å². The number of hydrogen-bond donors (Lipinski definition) is 0. The van der Waals surface area contributed by atoms with E-state index in [2.05, 4.69) is 70.8 Å². The van der Waals surface area contributed by atoms with Crippen molar-refractivity contribution in [2.24, 2.45) is 0 Å². The monoisotopic (exact) mass is 231 g/mol. The maximum Gasteiger partial charge on any atom is 0.0224 e. The minimum absolute atomic E-state index is 0.235. The zero-order valence-corrected chi connectivity index (χ0v) is 12.0. The zero-order valence-electron chi connectivity index (χ0n) is 12.0. The first-order valence-electron chi connectivity index (χ1n) is 6.55. The van der Waals surface area contributed by atoms with E-state index in [0.29, 0.717) is 11.5 Å². The highest BCUT2D eigenvalue weighted by Crippen LogP contribution is 2.48. The summed E-state index contributed by atoms with van der Waals surface area (Å²) >= 11 is 0. The first-order chi connectivity index (χ1) is 7.75. The van der Waals surface area contributed by atoms with E-state index >= 15 is 0 Å². The minimum Gasteiger partial charge on any atom is -0.295 e. The highest BCUT2D eigenvalue weighted by Gasteiger charge is 2.49. The topological polar surface area (TPSA) is 3.24 Å². The SMILES string of the molecule is Cc1ccc(C2CC(C)(C)N(C)C2(C)C)cc1. The summed E-state index contributed by atoms with van der Waals surface area (Å²) in [5, 5.41) is 0. The Kier molecular flexibility index (Phi) is 2.86. The lowest BCUT2D eigenvalue weighted by Gasteiger charge is -2.38. The summed E-state index contributed by atoms with van der Waals surface area (Å²) < 4.78 is 0. The standard InChI is InChI=1S/C16H25N/c1-12-7-9-13(10-8-12)14-11-15(2,3)17(6)16(14,4)5/h7-10,14H,11H2,1-6H3. The molecule has 1 aromatic carbocycles. The third-order valence-corrected chi connectivity index (χ3v) is 4.81. The lowest BCUT2D eigenvalue weighted by Crippen LogP contribution is -2.46. The smallest absolute Gasteiger partial charge is 0.0224 e. The zero-order chi connectivity index (χ0) is 12.8. The third kappa shape index (κ3) is 2.01. The number of benzene rings is 1. The molecule has 1 aliphatic heterocycles. The van der Waals surface area contributed by atoms with E-state index in [9.17, 15) is 0 Å². The quantitative estimate of drug-likeness (QED) is 0.707. The summed E-state index contributed by atoms with van der Waals surface area (Å²) in [7, 11) is 2.26. The molecule has 0 saturated carbocycles. The highest BCUT2D eigenvalue weighted by atomic mass is 15.3. The van der Waals surface area contributed by atoms with Gasteiger partial charge in [-0.2, -0.15) is 0 Å². The van der Waals surface area contributed by atoms with E-state index < -0.39 is 0 Å². The van der Waals surface area contributed by atoms with Gasteiger partial charge in [0, 0.05) is 17.0 Å². The Hall–Kier alpha value is -0.820. The van der Waals surface area contributed by atoms with E-state index in [1.54, 1.807) is 0 Å². The molecule has 1 aliphatic rings. The van der Waals surface area contributed by atoms with Crippen LogP contribution in [-0.2, 0) is 0 Å². The van der Waals surface area contributed by atoms with Gasteiger partial charge >= 0.3 is 0 Å². The van der Waals surface area contributed by atoms with Gasteiger partial charge in [0.2, 0.25) is 0 Å². The first kappa shape index (κ1) is 12.6. The van der Waals surface area contributed by atoms with Crippen LogP contribution in [0.25, 0.3) is 0 Å². The van der Waals surface area contributed by atoms with E-state index in [0.717, 1.165) is 0 Å². The Balaban J connectivity index is 2.37. The molecule has 0 spiro atoms. The lowest BCUT2D eigenvalue weighted by molar-refractivity contribution is 0.110. The van der Waals surface area contributed by atoms with Crippen LogP contribution < -0.4 is 0 Å². The maximum atomic E-state index is 2.53. The number of aryl methyl sites for hydroxylation is 1. The van der Waals surface area contributed by atoms with Crippen molar-refractivity contribution in [3.8, 4) is 0 Å². The summed E-state index contributed by atoms with van der Waals surface area (Å²) in [5.41, 5.74) is 3.35. The Bertz CT molecular complexity index is 400. The largest absolute Gasteiger partial charge is 0.295 e. The van der Waals surface area contributed by atoms with Gasteiger partial charge in [-0.1, -0.05) is 29.8 Å². The van der Waals surface area contributed by atoms with Crippen molar-refractivity contribution in [2.75, 3.05) is 7.05 Å². The second-order valence-corrected chi connectivity index (χ2v) is 6.69. The van der Waals surface area contributed by atoms with Crippen molar-refractivity contribution >= 4 is 0 Å². The predicted octanol–water partition coefficient (Wildman–Crippen LogP) is 3.97. The van der Waals surface area contributed by atoms with E-state index in [-0.39, 0.29) is 5.54 Å². The average Bonchev–Trinajstić information content (AvgIpc) is 2.40. The molecule has 0 amide bonds. The number of rotatable bonds is 1. The molecule has 1 atom stereocenters. The summed E-state index contributed by atoms with van der Waals surface area (Å²) in [6.45, 7) is 11.6. The second-order valence-electron chi connectivity index (χ2n) is 6.69. The maximum absolute atomic E-state index is 2.53. The summed E-state index contributed by atoms with van der Waals surface area (Å²) in [6, 6.07) is 9.07. The fourth-order valence-corrected chi connectivity index (χ4v) is 3.22. The van der Waals surface area contributed by atoms with E-state index in [4.69, 9.17) is 0 Å². The molecule has 0 aromatic heterocycles. The van der Waals surface area contributed by atoms with Gasteiger partial charge in [0.05, 0.1) is 0 Å². The van der Waals surface area contributed by atoms with Crippen molar-refractivity contribution < 1.29 is 0 Å². The number of nitrogens with zero attached hydrogens (tertiary/aromatic N) is 1. The Labute approximate surface area is 106 Å². The van der Waals surface area contributed by atoms with Crippen molar-refractivity contribution in [3.05, 3.63) is 35.4 Å². The molecule has 1 nitrogen and oxygen atoms in total. The van der Waals surface area contributed by atoms with Crippen LogP contribution in [-0.4, -0.2) is 23.0 Å². The Morgan fingerprint density at radius 1 is 1.06 bits per heavy atom. The average molecular weight is 231 g/mol. The number of likely N-dealkylation sites (N-methyl/N-ethyl adjacent to an activating group) is 1. The van der Waals surface area contributed by atoms with Gasteiger partial charge < -0.3 is 0 Å². The van der Waals surface area contributed by atoms with E-state index in [1.165, 1.54) is 17.5 Å². The van der Waals surface area contributed by atoms with Crippen LogP contribution in [0.5, 0.6) is 0 Å². The van der Waals surface area contributed by atoms with Gasteiger partial charge in [-0.05, 0) is 53.7 Å². The van der Waals surface area contributed by atoms with Crippen LogP contribution in [0.3, 0.4) is 0 Å². The lowest BCUT2D eigenvalue weighted by atomic mass is 9.81. The summed E-state index contributed by atoms with van der Waals surface area (Å²) in [5.74, 6) is 0.628. The molecular formula is C16H25N. The predicted molar refractivity (Wildman–Crippen MR) is 74.5 cm³/mol. The van der Waals surface area contributed by atoms with Crippen LogP contribution >= 0.6 is 0 Å². The van der Waals surface area contributed by atoms with Crippen LogP contribution in [0.15, 0.2) is 24.3 Å². The van der Waals surface area contributed by atoms with Crippen molar-refractivity contribution in [1.82, 2.24) is 4.90 Å². The van der Waals surface area contributed by atoms with Crippen molar-refractivity contribution in [3.63, 3.8) is 0 Å². The molecule has 0 aliphatic carbocycles. The van der Waals surface area contributed by atoms with Crippen LogP contribution in [0, 0.1) is 6.92 Å². The fourth-order valence-electron chi connectivity index (χ4n) is 3.22. The minimum atomic E-state index is 0.235. The molecule has 1 unspecified atom stereocenters. The molecule has 94 valence electrons. The van der Waals surface area contributed by atoms with Crippen LogP contribution in [0.4, 0.5) is 0 Å². The Morgan fingerprint density at radius 2 is 1.59 bits per heavy atom. The van der Waals surface area contributed by atoms with E-state index in [1.807, 2.05) is 0 Å². The molecule has 1 aromatic rings. The van der Waals surface area contributed by atoms with Crippen molar-refractivity contribution in [1.29, 1.82) is 0 Å². The fraction of sp³-hybridized carbons (Fsp3) is 0.625. The molecule has 0 bridgehead atoms. The molecule has 1 heterocycles. The molecule has 17 heavy (non-hydrogen) atoms. The molecule has 0 N–H and O–H groups in total. The first-order valence-corrected chi connectivity index (χ1v) is 6.55. The van der Waals surface area contributed by atoms with Crippen LogP contribution in [0.1, 0.15) is 51.2 Å². The molecular weight excluding hydrogens is 206 g/mol. The molecule has 1 heteroatoms. The molecule has 2 rings (SSSR count). The van der Waals surface area contributed by atoms with Crippen molar-refractivity contribution in [2.45, 2.75) is 58.0 Å². The van der Waals surface area contributed by atoms with Gasteiger partial charge in [0.25, 0.3) is 0 Å². The second kappa shape index (κ2) is 3.84. The highest BCUT2D eigenvalue weighted by molar-refractivity contribution is 5.30. The third-order valence-electron chi connectivity index (χ3n) is 4.81. The molecule has 1 fully saturated rings. The van der Waals surface area contributed by atoms with Gasteiger partial charge in [-0.3, -0.25) is 4.90 Å².